The highest BCUT2D eigenvalue weighted by Crippen LogP contribution is 2.33. The predicted molar refractivity (Wildman–Crippen MR) is 230 cm³/mol. The van der Waals surface area contributed by atoms with Crippen molar-refractivity contribution < 1.29 is 0 Å². The Hall–Kier alpha value is -6.53. The standard InChI is InChI=1S/C49H33N3SSi/c1-4-15-36(16-5-1)47-50-48(37-17-6-2-7-18-37)52-49(51-47)54(40-20-8-3-9-21-40,42-30-31-46-44(33-42)43-22-12-13-23-45(43)53-46)41-28-26-35(27-29-41)39-25-24-34-14-10-11-19-38(34)32-39/h1-33H. The van der Waals surface area contributed by atoms with Gasteiger partial charge in [0.2, 0.25) is 8.07 Å². The van der Waals surface area contributed by atoms with Gasteiger partial charge < -0.3 is 0 Å². The molecule has 0 radical (unpaired) electrons. The zero-order valence-corrected chi connectivity index (χ0v) is 31.1. The molecule has 0 aliphatic rings. The maximum Gasteiger partial charge on any atom is 0.226 e. The van der Waals surface area contributed by atoms with Gasteiger partial charge in [0.1, 0.15) is 5.45 Å². The van der Waals surface area contributed by atoms with Crippen molar-refractivity contribution in [2.75, 3.05) is 0 Å². The van der Waals surface area contributed by atoms with Crippen LogP contribution >= 0.6 is 11.3 Å². The molecule has 2 aromatic heterocycles. The van der Waals surface area contributed by atoms with E-state index in [-0.39, 0.29) is 0 Å². The SMILES string of the molecule is c1ccc(-c2nc(-c3ccccc3)nc([Si](c3ccccc3)(c3ccc(-c4ccc5ccccc5c4)cc3)c3ccc4sc5ccccc5c4c3)n2)cc1. The van der Waals surface area contributed by atoms with E-state index in [1.54, 1.807) is 0 Å². The van der Waals surface area contributed by atoms with Crippen molar-refractivity contribution in [3.63, 3.8) is 0 Å². The molecular formula is C49H33N3SSi. The summed E-state index contributed by atoms with van der Waals surface area (Å²) in [7, 11) is -3.23. The van der Waals surface area contributed by atoms with Crippen molar-refractivity contribution in [3.05, 3.63) is 200 Å². The molecular weight excluding hydrogens is 691 g/mol. The van der Waals surface area contributed by atoms with E-state index < -0.39 is 8.07 Å². The van der Waals surface area contributed by atoms with E-state index in [0.717, 1.165) is 16.6 Å². The number of fused-ring (bicyclic) bond motifs is 4. The van der Waals surface area contributed by atoms with Gasteiger partial charge in [-0.3, -0.25) is 0 Å². The number of thiophene rings is 1. The number of benzene rings is 8. The van der Waals surface area contributed by atoms with Gasteiger partial charge in [0, 0.05) is 31.3 Å². The summed E-state index contributed by atoms with van der Waals surface area (Å²) in [6.45, 7) is 0. The molecule has 54 heavy (non-hydrogen) atoms. The van der Waals surface area contributed by atoms with Crippen LogP contribution in [-0.2, 0) is 0 Å². The molecule has 0 amide bonds. The summed E-state index contributed by atoms with van der Waals surface area (Å²) < 4.78 is 2.56. The highest BCUT2D eigenvalue weighted by molar-refractivity contribution is 7.26. The van der Waals surface area contributed by atoms with E-state index in [0.29, 0.717) is 11.6 Å². The number of rotatable bonds is 7. The van der Waals surface area contributed by atoms with Crippen molar-refractivity contribution in [2.45, 2.75) is 0 Å². The molecule has 1 atom stereocenters. The maximum atomic E-state index is 5.52. The lowest BCUT2D eigenvalue weighted by Gasteiger charge is -2.32. The van der Waals surface area contributed by atoms with E-state index in [2.05, 4.69) is 164 Å². The van der Waals surface area contributed by atoms with Crippen LogP contribution in [0.2, 0.25) is 0 Å². The Morgan fingerprint density at radius 2 is 0.870 bits per heavy atom. The first kappa shape index (κ1) is 32.1. The smallest absolute Gasteiger partial charge is 0.217 e. The first-order valence-electron chi connectivity index (χ1n) is 18.2. The van der Waals surface area contributed by atoms with Gasteiger partial charge in [-0.1, -0.05) is 182 Å². The van der Waals surface area contributed by atoms with Gasteiger partial charge in [-0.25, -0.2) is 15.0 Å². The van der Waals surface area contributed by atoms with Crippen molar-refractivity contribution >= 4 is 71.4 Å². The Morgan fingerprint density at radius 3 is 1.57 bits per heavy atom. The van der Waals surface area contributed by atoms with E-state index in [1.165, 1.54) is 57.6 Å². The minimum Gasteiger partial charge on any atom is -0.217 e. The van der Waals surface area contributed by atoms with Crippen LogP contribution in [0, 0.1) is 0 Å². The normalized spacial score (nSPS) is 12.6. The molecule has 1 unspecified atom stereocenters. The van der Waals surface area contributed by atoms with Crippen LogP contribution in [0.1, 0.15) is 0 Å². The van der Waals surface area contributed by atoms with Crippen molar-refractivity contribution in [1.82, 2.24) is 15.0 Å². The lowest BCUT2D eigenvalue weighted by Crippen LogP contribution is -2.76. The molecule has 10 aromatic rings. The molecule has 3 nitrogen and oxygen atoms in total. The average Bonchev–Trinajstić information content (AvgIpc) is 3.63. The number of aromatic nitrogens is 3. The summed E-state index contributed by atoms with van der Waals surface area (Å²) >= 11 is 1.84. The van der Waals surface area contributed by atoms with E-state index in [4.69, 9.17) is 15.0 Å². The summed E-state index contributed by atoms with van der Waals surface area (Å²) in [5.74, 6) is 1.34. The fourth-order valence-electron chi connectivity index (χ4n) is 7.79. The van der Waals surface area contributed by atoms with Gasteiger partial charge in [0.15, 0.2) is 11.6 Å². The van der Waals surface area contributed by atoms with Gasteiger partial charge in [0.25, 0.3) is 0 Å². The van der Waals surface area contributed by atoms with E-state index in [1.807, 2.05) is 47.7 Å². The minimum absolute atomic E-state index is 0.669. The first-order chi connectivity index (χ1) is 26.7. The monoisotopic (exact) mass is 723 g/mol. The topological polar surface area (TPSA) is 38.7 Å². The largest absolute Gasteiger partial charge is 0.226 e. The summed E-state index contributed by atoms with van der Waals surface area (Å²) in [5, 5.41) is 8.65. The van der Waals surface area contributed by atoms with Crippen LogP contribution in [0.15, 0.2) is 200 Å². The van der Waals surface area contributed by atoms with Crippen molar-refractivity contribution in [1.29, 1.82) is 0 Å². The summed E-state index contributed by atoms with van der Waals surface area (Å²) in [6.07, 6.45) is 0. The maximum absolute atomic E-state index is 5.52. The number of nitrogens with zero attached hydrogens (tertiary/aromatic N) is 3. The second-order valence-corrected chi connectivity index (χ2v) is 18.4. The van der Waals surface area contributed by atoms with Gasteiger partial charge in [-0.15, -0.1) is 11.3 Å². The molecule has 0 N–H and O–H groups in total. The Labute approximate surface area is 318 Å². The zero-order valence-electron chi connectivity index (χ0n) is 29.3. The molecule has 5 heteroatoms. The molecule has 8 aromatic carbocycles. The molecule has 0 fully saturated rings. The molecule has 0 bridgehead atoms. The third kappa shape index (κ3) is 5.53. The molecule has 0 aliphatic heterocycles. The number of hydrogen-bond acceptors (Lipinski definition) is 4. The summed E-state index contributed by atoms with van der Waals surface area (Å²) in [5.41, 5.74) is 5.08. The quantitative estimate of drug-likeness (QED) is 0.121. The molecule has 254 valence electrons. The van der Waals surface area contributed by atoms with Gasteiger partial charge in [0.05, 0.1) is 0 Å². The highest BCUT2D eigenvalue weighted by Gasteiger charge is 2.45. The Balaban J connectivity index is 1.29. The van der Waals surface area contributed by atoms with Crippen LogP contribution in [0.4, 0.5) is 0 Å². The molecule has 0 spiro atoms. The average molecular weight is 724 g/mol. The van der Waals surface area contributed by atoms with Crippen LogP contribution < -0.4 is 21.0 Å². The van der Waals surface area contributed by atoms with Crippen LogP contribution in [0.5, 0.6) is 0 Å². The highest BCUT2D eigenvalue weighted by atomic mass is 32.1. The van der Waals surface area contributed by atoms with Crippen molar-refractivity contribution in [2.24, 2.45) is 0 Å². The fraction of sp³-hybridized carbons (Fsp3) is 0. The molecule has 0 saturated heterocycles. The summed E-state index contributed by atoms with van der Waals surface area (Å²) in [4.78, 5) is 16.2. The third-order valence-electron chi connectivity index (χ3n) is 10.5. The molecule has 0 aliphatic carbocycles. The minimum atomic E-state index is -3.23. The van der Waals surface area contributed by atoms with E-state index >= 15 is 0 Å². The van der Waals surface area contributed by atoms with Gasteiger partial charge >= 0.3 is 0 Å². The van der Waals surface area contributed by atoms with Gasteiger partial charge in [-0.2, -0.15) is 0 Å². The van der Waals surface area contributed by atoms with Crippen molar-refractivity contribution in [3.8, 4) is 33.9 Å². The second-order valence-electron chi connectivity index (χ2n) is 13.6. The predicted octanol–water partition coefficient (Wildman–Crippen LogP) is 9.77. The van der Waals surface area contributed by atoms with Crippen LogP contribution in [0.25, 0.3) is 64.8 Å². The summed E-state index contributed by atoms with van der Waals surface area (Å²) in [6, 6.07) is 71.8. The Kier molecular flexibility index (Phi) is 8.01. The lowest BCUT2D eigenvalue weighted by molar-refractivity contribution is 1.10. The number of hydrogen-bond donors (Lipinski definition) is 0. The Bertz CT molecular complexity index is 2870. The second kappa shape index (κ2) is 13.5. The van der Waals surface area contributed by atoms with Crippen LogP contribution in [-0.4, -0.2) is 23.0 Å². The molecule has 0 saturated carbocycles. The fourth-order valence-corrected chi connectivity index (χ4v) is 13.3. The Morgan fingerprint density at radius 1 is 0.333 bits per heavy atom. The lowest BCUT2D eigenvalue weighted by atomic mass is 10.0. The van der Waals surface area contributed by atoms with Gasteiger partial charge in [-0.05, 0) is 55.7 Å². The zero-order chi connectivity index (χ0) is 35.9. The molecule has 10 rings (SSSR count). The van der Waals surface area contributed by atoms with Crippen LogP contribution in [0.3, 0.4) is 0 Å². The third-order valence-corrected chi connectivity index (χ3v) is 16.1. The molecule has 2 heterocycles. The van der Waals surface area contributed by atoms with E-state index in [9.17, 15) is 0 Å². The first-order valence-corrected chi connectivity index (χ1v) is 21.0.